The van der Waals surface area contributed by atoms with Gasteiger partial charge in [0.25, 0.3) is 5.91 Å². The second-order valence-corrected chi connectivity index (χ2v) is 11.8. The number of esters is 1. The maximum absolute atomic E-state index is 13.3. The first-order valence-corrected chi connectivity index (χ1v) is 13.1. The summed E-state index contributed by atoms with van der Waals surface area (Å²) in [6.45, 7) is 5.93. The SMILES string of the molecule is CC(C)(C)OC(=O)CN1CNc2cc(S(=O)(=O)N3CCC(c4ccc(O)cc4)CC3)ccc2C1=O. The predicted molar refractivity (Wildman–Crippen MR) is 131 cm³/mol. The minimum atomic E-state index is -3.72. The summed E-state index contributed by atoms with van der Waals surface area (Å²) in [5, 5.41) is 12.5. The number of phenols is 1. The van der Waals surface area contributed by atoms with Gasteiger partial charge in [0.05, 0.1) is 17.1 Å². The lowest BCUT2D eigenvalue weighted by Gasteiger charge is -2.32. The van der Waals surface area contributed by atoms with Gasteiger partial charge in [-0.3, -0.25) is 9.59 Å². The zero-order valence-electron chi connectivity index (χ0n) is 20.2. The van der Waals surface area contributed by atoms with Crippen molar-refractivity contribution in [2.24, 2.45) is 0 Å². The van der Waals surface area contributed by atoms with E-state index in [0.29, 0.717) is 37.2 Å². The smallest absolute Gasteiger partial charge is 0.326 e. The van der Waals surface area contributed by atoms with Crippen LogP contribution in [0.15, 0.2) is 47.4 Å². The Morgan fingerprint density at radius 1 is 1.11 bits per heavy atom. The highest BCUT2D eigenvalue weighted by atomic mass is 32.2. The fraction of sp³-hybridized carbons (Fsp3) is 0.440. The molecule has 2 heterocycles. The van der Waals surface area contributed by atoms with Crippen LogP contribution in [-0.4, -0.2) is 66.5 Å². The van der Waals surface area contributed by atoms with Crippen LogP contribution >= 0.6 is 0 Å². The van der Waals surface area contributed by atoms with Crippen molar-refractivity contribution in [1.82, 2.24) is 9.21 Å². The molecule has 1 amide bonds. The Balaban J connectivity index is 1.43. The molecule has 0 bridgehead atoms. The first-order valence-electron chi connectivity index (χ1n) is 11.6. The maximum atomic E-state index is 13.3. The number of hydrogen-bond acceptors (Lipinski definition) is 7. The van der Waals surface area contributed by atoms with Gasteiger partial charge in [-0.15, -0.1) is 0 Å². The lowest BCUT2D eigenvalue weighted by atomic mass is 9.90. The molecule has 10 heteroatoms. The molecule has 0 aliphatic carbocycles. The zero-order chi connectivity index (χ0) is 25.4. The number of benzene rings is 2. The number of carbonyl (C=O) groups is 2. The van der Waals surface area contributed by atoms with E-state index in [1.807, 2.05) is 12.1 Å². The average Bonchev–Trinajstić information content (AvgIpc) is 2.80. The van der Waals surface area contributed by atoms with Gasteiger partial charge in [-0.25, -0.2) is 8.42 Å². The quantitative estimate of drug-likeness (QED) is 0.605. The summed E-state index contributed by atoms with van der Waals surface area (Å²) in [5.41, 5.74) is 1.18. The molecule has 2 aliphatic rings. The van der Waals surface area contributed by atoms with Crippen molar-refractivity contribution in [1.29, 1.82) is 0 Å². The molecular formula is C25H31N3O6S. The summed E-state index contributed by atoms with van der Waals surface area (Å²) in [5.74, 6) is -0.420. The third-order valence-electron chi connectivity index (χ3n) is 6.17. The lowest BCUT2D eigenvalue weighted by Crippen LogP contribution is -2.44. The van der Waals surface area contributed by atoms with Gasteiger partial charge in [0.1, 0.15) is 17.9 Å². The zero-order valence-corrected chi connectivity index (χ0v) is 21.0. The minimum absolute atomic E-state index is 0.0760. The Bertz CT molecular complexity index is 1210. The van der Waals surface area contributed by atoms with Crippen LogP contribution in [0, 0.1) is 0 Å². The van der Waals surface area contributed by atoms with Gasteiger partial charge in [-0.05, 0) is 75.4 Å². The van der Waals surface area contributed by atoms with E-state index in [1.165, 1.54) is 27.4 Å². The lowest BCUT2D eigenvalue weighted by molar-refractivity contribution is -0.155. The van der Waals surface area contributed by atoms with E-state index < -0.39 is 21.6 Å². The molecular weight excluding hydrogens is 470 g/mol. The normalized spacial score (nSPS) is 17.6. The van der Waals surface area contributed by atoms with Crippen molar-refractivity contribution in [3.05, 3.63) is 53.6 Å². The highest BCUT2D eigenvalue weighted by Gasteiger charge is 2.33. The summed E-state index contributed by atoms with van der Waals surface area (Å²) < 4.78 is 33.4. The molecule has 2 aromatic rings. The van der Waals surface area contributed by atoms with E-state index in [4.69, 9.17) is 4.74 Å². The molecule has 0 radical (unpaired) electrons. The summed E-state index contributed by atoms with van der Waals surface area (Å²) in [4.78, 5) is 26.5. The molecule has 0 saturated carbocycles. The van der Waals surface area contributed by atoms with Crippen LogP contribution < -0.4 is 5.32 Å². The Labute approximate surface area is 205 Å². The van der Waals surface area contributed by atoms with Crippen LogP contribution in [0.4, 0.5) is 5.69 Å². The third-order valence-corrected chi connectivity index (χ3v) is 8.06. The average molecular weight is 502 g/mol. The van der Waals surface area contributed by atoms with Crippen molar-refractivity contribution in [3.8, 4) is 5.75 Å². The Kier molecular flexibility index (Phi) is 6.79. The van der Waals surface area contributed by atoms with Gasteiger partial charge >= 0.3 is 5.97 Å². The number of nitrogens with one attached hydrogen (secondary N) is 1. The van der Waals surface area contributed by atoms with Crippen LogP contribution in [0.2, 0.25) is 0 Å². The fourth-order valence-electron chi connectivity index (χ4n) is 4.42. The second-order valence-electron chi connectivity index (χ2n) is 9.90. The number of rotatable bonds is 5. The van der Waals surface area contributed by atoms with Crippen LogP contribution in [0.25, 0.3) is 0 Å². The van der Waals surface area contributed by atoms with Gasteiger partial charge in [0.15, 0.2) is 0 Å². The number of sulfonamides is 1. The number of piperidine rings is 1. The van der Waals surface area contributed by atoms with Crippen molar-refractivity contribution in [2.45, 2.75) is 50.0 Å². The highest BCUT2D eigenvalue weighted by molar-refractivity contribution is 7.89. The summed E-state index contributed by atoms with van der Waals surface area (Å²) in [6, 6.07) is 11.5. The predicted octanol–water partition coefficient (Wildman–Crippen LogP) is 3.13. The number of anilines is 1. The van der Waals surface area contributed by atoms with E-state index in [9.17, 15) is 23.1 Å². The molecule has 188 valence electrons. The number of phenolic OH excluding ortho intramolecular Hbond substituents is 1. The number of fused-ring (bicyclic) bond motifs is 1. The molecule has 0 aromatic heterocycles. The van der Waals surface area contributed by atoms with Gasteiger partial charge in [-0.1, -0.05) is 12.1 Å². The Morgan fingerprint density at radius 2 is 1.77 bits per heavy atom. The highest BCUT2D eigenvalue weighted by Crippen LogP contribution is 2.33. The molecule has 1 saturated heterocycles. The molecule has 35 heavy (non-hydrogen) atoms. The first kappa shape index (κ1) is 25.0. The maximum Gasteiger partial charge on any atom is 0.326 e. The van der Waals surface area contributed by atoms with Crippen LogP contribution in [0.5, 0.6) is 5.75 Å². The van der Waals surface area contributed by atoms with Crippen molar-refractivity contribution < 1.29 is 27.9 Å². The Morgan fingerprint density at radius 3 is 2.40 bits per heavy atom. The summed E-state index contributed by atoms with van der Waals surface area (Å²) in [7, 11) is -3.72. The van der Waals surface area contributed by atoms with E-state index >= 15 is 0 Å². The minimum Gasteiger partial charge on any atom is -0.508 e. The summed E-state index contributed by atoms with van der Waals surface area (Å²) in [6.07, 6.45) is 1.37. The first-order chi connectivity index (χ1) is 16.4. The van der Waals surface area contributed by atoms with Crippen LogP contribution in [-0.2, 0) is 19.6 Å². The monoisotopic (exact) mass is 501 g/mol. The molecule has 0 spiro atoms. The molecule has 1 fully saturated rings. The Hall–Kier alpha value is -3.11. The molecule has 4 rings (SSSR count). The van der Waals surface area contributed by atoms with E-state index in [-0.39, 0.29) is 35.7 Å². The third kappa shape index (κ3) is 5.59. The molecule has 2 N–H and O–H groups in total. The standard InChI is InChI=1S/C25H31N3O6S/c1-25(2,3)34-23(30)15-27-16-26-22-14-20(8-9-21(22)24(27)31)35(32,33)28-12-10-18(11-13-28)17-4-6-19(29)7-5-17/h4-9,14,18,26,29H,10-13,15-16H2,1-3H3. The van der Waals surface area contributed by atoms with Crippen LogP contribution in [0.3, 0.4) is 0 Å². The van der Waals surface area contributed by atoms with Gasteiger partial charge < -0.3 is 20.1 Å². The summed E-state index contributed by atoms with van der Waals surface area (Å²) >= 11 is 0. The number of hydrogen-bond donors (Lipinski definition) is 2. The van der Waals surface area contributed by atoms with Gasteiger partial charge in [-0.2, -0.15) is 4.31 Å². The van der Waals surface area contributed by atoms with Gasteiger partial charge in [0.2, 0.25) is 10.0 Å². The largest absolute Gasteiger partial charge is 0.508 e. The van der Waals surface area contributed by atoms with Crippen molar-refractivity contribution >= 4 is 27.6 Å². The van der Waals surface area contributed by atoms with Gasteiger partial charge in [0, 0.05) is 18.8 Å². The van der Waals surface area contributed by atoms with E-state index in [0.717, 1.165) is 5.56 Å². The number of nitrogens with zero attached hydrogens (tertiary/aromatic N) is 2. The number of ether oxygens (including phenoxy) is 1. The van der Waals surface area contributed by atoms with Crippen LogP contribution in [0.1, 0.15) is 55.5 Å². The molecule has 0 atom stereocenters. The van der Waals surface area contributed by atoms with E-state index in [2.05, 4.69) is 5.32 Å². The topological polar surface area (TPSA) is 116 Å². The van der Waals surface area contributed by atoms with Crippen molar-refractivity contribution in [3.63, 3.8) is 0 Å². The molecule has 0 unspecified atom stereocenters. The number of carbonyl (C=O) groups excluding carboxylic acids is 2. The second kappa shape index (κ2) is 9.50. The molecule has 9 nitrogen and oxygen atoms in total. The number of aromatic hydroxyl groups is 1. The van der Waals surface area contributed by atoms with Crippen molar-refractivity contribution in [2.75, 3.05) is 31.6 Å². The molecule has 2 aliphatic heterocycles. The fourth-order valence-corrected chi connectivity index (χ4v) is 5.92. The number of amides is 1. The molecule has 2 aromatic carbocycles. The van der Waals surface area contributed by atoms with E-state index in [1.54, 1.807) is 32.9 Å².